The molecule has 3 N–H and O–H groups in total. The lowest BCUT2D eigenvalue weighted by atomic mass is 9.76. The van der Waals surface area contributed by atoms with Crippen LogP contribution in [0.5, 0.6) is 0 Å². The molecule has 7 heteroatoms. The van der Waals surface area contributed by atoms with Crippen molar-refractivity contribution in [3.8, 4) is 0 Å². The van der Waals surface area contributed by atoms with Crippen LogP contribution in [0.2, 0.25) is 0 Å². The van der Waals surface area contributed by atoms with Crippen LogP contribution in [0.25, 0.3) is 11.0 Å². The van der Waals surface area contributed by atoms with Gasteiger partial charge in [0.05, 0.1) is 23.2 Å². The SMILES string of the molecule is O=C(NC(c1cccs1)C1CC(O)C1)c1nc2ccccc2[nH]c1=O. The monoisotopic (exact) mass is 355 g/mol. The van der Waals surface area contributed by atoms with Gasteiger partial charge in [-0.15, -0.1) is 11.3 Å². The molecule has 1 saturated carbocycles. The van der Waals surface area contributed by atoms with Crippen LogP contribution in [0.1, 0.15) is 34.2 Å². The fraction of sp³-hybridized carbons (Fsp3) is 0.278. The Bertz CT molecular complexity index is 961. The number of carbonyl (C=O) groups excluding carboxylic acids is 1. The molecule has 0 saturated heterocycles. The second kappa shape index (κ2) is 6.42. The Hall–Kier alpha value is -2.51. The Balaban J connectivity index is 1.63. The first kappa shape index (κ1) is 16.0. The second-order valence-electron chi connectivity index (χ2n) is 6.28. The third-order valence-corrected chi connectivity index (χ3v) is 5.53. The minimum atomic E-state index is -0.505. The third kappa shape index (κ3) is 3.08. The molecule has 1 unspecified atom stereocenters. The molecule has 1 atom stereocenters. The van der Waals surface area contributed by atoms with Crippen LogP contribution >= 0.6 is 11.3 Å². The van der Waals surface area contributed by atoms with Gasteiger partial charge >= 0.3 is 0 Å². The zero-order chi connectivity index (χ0) is 17.4. The maximum atomic E-state index is 12.7. The number of fused-ring (bicyclic) bond motifs is 1. The smallest absolute Gasteiger partial charge is 0.280 e. The number of para-hydroxylation sites is 2. The van der Waals surface area contributed by atoms with Gasteiger partial charge in [0.15, 0.2) is 5.69 Å². The predicted octanol–water partition coefficient (Wildman–Crippen LogP) is 2.23. The Morgan fingerprint density at radius 3 is 2.80 bits per heavy atom. The van der Waals surface area contributed by atoms with E-state index in [0.717, 1.165) is 4.88 Å². The molecule has 1 fully saturated rings. The number of nitrogens with one attached hydrogen (secondary N) is 2. The molecule has 2 aromatic heterocycles. The number of hydrogen-bond acceptors (Lipinski definition) is 5. The highest BCUT2D eigenvalue weighted by Crippen LogP contribution is 2.39. The van der Waals surface area contributed by atoms with Gasteiger partial charge in [-0.3, -0.25) is 9.59 Å². The van der Waals surface area contributed by atoms with Crippen molar-refractivity contribution in [2.24, 2.45) is 5.92 Å². The maximum Gasteiger partial charge on any atom is 0.280 e. The molecule has 4 rings (SSSR count). The second-order valence-corrected chi connectivity index (χ2v) is 7.26. The van der Waals surface area contributed by atoms with Gasteiger partial charge in [-0.1, -0.05) is 18.2 Å². The number of aromatic nitrogens is 2. The number of nitrogens with zero attached hydrogens (tertiary/aromatic N) is 1. The number of thiophene rings is 1. The summed E-state index contributed by atoms with van der Waals surface area (Å²) in [5.41, 5.74) is 0.523. The lowest BCUT2D eigenvalue weighted by molar-refractivity contribution is 0.0240. The number of hydrogen-bond donors (Lipinski definition) is 3. The molecule has 0 bridgehead atoms. The van der Waals surface area contributed by atoms with Gasteiger partial charge in [0.1, 0.15) is 0 Å². The van der Waals surface area contributed by atoms with Crippen molar-refractivity contribution in [3.05, 3.63) is 62.7 Å². The molecule has 1 aliphatic carbocycles. The van der Waals surface area contributed by atoms with E-state index in [1.165, 1.54) is 0 Å². The standard InChI is InChI=1S/C18H17N3O3S/c22-11-8-10(9-11)15(14-6-3-7-25-14)21-18(24)16-17(23)20-13-5-2-1-4-12(13)19-16/h1-7,10-11,15,22H,8-9H2,(H,20,23)(H,21,24). The summed E-state index contributed by atoms with van der Waals surface area (Å²) in [6.07, 6.45) is 0.973. The van der Waals surface area contributed by atoms with Crippen LogP contribution in [-0.2, 0) is 0 Å². The molecular formula is C18H17N3O3S. The number of aromatic amines is 1. The zero-order valence-electron chi connectivity index (χ0n) is 13.3. The summed E-state index contributed by atoms with van der Waals surface area (Å²) in [5.74, 6) is -0.330. The number of benzene rings is 1. The van der Waals surface area contributed by atoms with Crippen LogP contribution < -0.4 is 10.9 Å². The number of rotatable bonds is 4. The first-order chi connectivity index (χ1) is 12.1. The molecular weight excluding hydrogens is 338 g/mol. The van der Waals surface area contributed by atoms with Crippen molar-refractivity contribution in [2.45, 2.75) is 25.0 Å². The average Bonchev–Trinajstić information content (AvgIpc) is 3.10. The van der Waals surface area contributed by atoms with Crippen molar-refractivity contribution >= 4 is 28.3 Å². The summed E-state index contributed by atoms with van der Waals surface area (Å²) in [6.45, 7) is 0. The molecule has 128 valence electrons. The van der Waals surface area contributed by atoms with Crippen LogP contribution in [0.4, 0.5) is 0 Å². The highest BCUT2D eigenvalue weighted by Gasteiger charge is 2.36. The summed E-state index contributed by atoms with van der Waals surface area (Å²) < 4.78 is 0. The summed E-state index contributed by atoms with van der Waals surface area (Å²) in [6, 6.07) is 10.8. The Labute approximate surface area is 147 Å². The van der Waals surface area contributed by atoms with E-state index >= 15 is 0 Å². The number of amides is 1. The normalized spacial score (nSPS) is 20.8. The Morgan fingerprint density at radius 2 is 2.08 bits per heavy atom. The summed E-state index contributed by atoms with van der Waals surface area (Å²) in [4.78, 5) is 32.9. The number of carbonyl (C=O) groups is 1. The Morgan fingerprint density at radius 1 is 1.28 bits per heavy atom. The molecule has 1 aromatic carbocycles. The molecule has 0 radical (unpaired) electrons. The van der Waals surface area contributed by atoms with Crippen LogP contribution in [-0.4, -0.2) is 27.1 Å². The van der Waals surface area contributed by atoms with Crippen molar-refractivity contribution in [1.82, 2.24) is 15.3 Å². The van der Waals surface area contributed by atoms with Gasteiger partial charge in [-0.2, -0.15) is 0 Å². The zero-order valence-corrected chi connectivity index (χ0v) is 14.1. The van der Waals surface area contributed by atoms with Crippen molar-refractivity contribution in [3.63, 3.8) is 0 Å². The van der Waals surface area contributed by atoms with Gasteiger partial charge in [0, 0.05) is 4.88 Å². The minimum Gasteiger partial charge on any atom is -0.393 e. The van der Waals surface area contributed by atoms with E-state index in [4.69, 9.17) is 0 Å². The molecule has 0 aliphatic heterocycles. The van der Waals surface area contributed by atoms with Crippen molar-refractivity contribution < 1.29 is 9.90 Å². The predicted molar refractivity (Wildman–Crippen MR) is 95.6 cm³/mol. The lowest BCUT2D eigenvalue weighted by Gasteiger charge is -2.37. The van der Waals surface area contributed by atoms with Crippen molar-refractivity contribution in [2.75, 3.05) is 0 Å². The first-order valence-corrected chi connectivity index (χ1v) is 9.01. The quantitative estimate of drug-likeness (QED) is 0.669. The third-order valence-electron chi connectivity index (χ3n) is 4.57. The fourth-order valence-electron chi connectivity index (χ4n) is 3.18. The van der Waals surface area contributed by atoms with Crippen molar-refractivity contribution in [1.29, 1.82) is 0 Å². The van der Waals surface area contributed by atoms with Gasteiger partial charge in [-0.25, -0.2) is 4.98 Å². The van der Waals surface area contributed by atoms with E-state index in [2.05, 4.69) is 15.3 Å². The first-order valence-electron chi connectivity index (χ1n) is 8.13. The van der Waals surface area contributed by atoms with E-state index < -0.39 is 11.5 Å². The molecule has 1 amide bonds. The average molecular weight is 355 g/mol. The van der Waals surface area contributed by atoms with E-state index in [9.17, 15) is 14.7 Å². The van der Waals surface area contributed by atoms with Gasteiger partial charge in [0.25, 0.3) is 11.5 Å². The largest absolute Gasteiger partial charge is 0.393 e. The molecule has 3 aromatic rings. The number of aliphatic hydroxyl groups is 1. The molecule has 2 heterocycles. The number of H-pyrrole nitrogens is 1. The van der Waals surface area contributed by atoms with E-state index in [-0.39, 0.29) is 23.8 Å². The van der Waals surface area contributed by atoms with E-state index in [1.807, 2.05) is 17.5 Å². The summed E-state index contributed by atoms with van der Waals surface area (Å²) in [5, 5.41) is 14.5. The van der Waals surface area contributed by atoms with Crippen LogP contribution in [0.3, 0.4) is 0 Å². The molecule has 0 spiro atoms. The highest BCUT2D eigenvalue weighted by molar-refractivity contribution is 7.10. The van der Waals surface area contributed by atoms with Gasteiger partial charge in [0.2, 0.25) is 0 Å². The summed E-state index contributed by atoms with van der Waals surface area (Å²) >= 11 is 1.55. The molecule has 1 aliphatic rings. The molecule has 25 heavy (non-hydrogen) atoms. The fourth-order valence-corrected chi connectivity index (χ4v) is 4.05. The van der Waals surface area contributed by atoms with Crippen LogP contribution in [0, 0.1) is 5.92 Å². The topological polar surface area (TPSA) is 95.1 Å². The van der Waals surface area contributed by atoms with Gasteiger partial charge < -0.3 is 15.4 Å². The Kier molecular flexibility index (Phi) is 4.10. The minimum absolute atomic E-state index is 0.139. The molecule has 6 nitrogen and oxygen atoms in total. The maximum absolute atomic E-state index is 12.7. The summed E-state index contributed by atoms with van der Waals surface area (Å²) in [7, 11) is 0. The van der Waals surface area contributed by atoms with E-state index in [0.29, 0.717) is 23.9 Å². The van der Waals surface area contributed by atoms with E-state index in [1.54, 1.807) is 35.6 Å². The van der Waals surface area contributed by atoms with Gasteiger partial charge in [-0.05, 0) is 42.3 Å². The highest BCUT2D eigenvalue weighted by atomic mass is 32.1. The van der Waals surface area contributed by atoms with Crippen LogP contribution in [0.15, 0.2) is 46.6 Å². The number of aliphatic hydroxyl groups excluding tert-OH is 1. The lowest BCUT2D eigenvalue weighted by Crippen LogP contribution is -2.42.